The number of hydrogen-bond acceptors (Lipinski definition) is 3. The van der Waals surface area contributed by atoms with Crippen molar-refractivity contribution >= 4 is 17.5 Å². The fourth-order valence-electron chi connectivity index (χ4n) is 1.75. The summed E-state index contributed by atoms with van der Waals surface area (Å²) < 4.78 is 1.81. The van der Waals surface area contributed by atoms with Gasteiger partial charge in [0.1, 0.15) is 0 Å². The van der Waals surface area contributed by atoms with Crippen LogP contribution in [-0.2, 0) is 7.05 Å². The Balaban J connectivity index is 2.11. The summed E-state index contributed by atoms with van der Waals surface area (Å²) in [6.07, 6.45) is 5.53. The highest BCUT2D eigenvalue weighted by Crippen LogP contribution is 2.25. The second-order valence-corrected chi connectivity index (χ2v) is 4.84. The Labute approximate surface area is 87.9 Å². The Morgan fingerprint density at radius 1 is 1.57 bits per heavy atom. The molecular formula is C10H14N2OS. The largest absolute Gasteiger partial charge is 0.332 e. The molecule has 0 amide bonds. The van der Waals surface area contributed by atoms with Crippen molar-refractivity contribution in [2.45, 2.75) is 12.8 Å². The lowest BCUT2D eigenvalue weighted by Crippen LogP contribution is -2.22. The van der Waals surface area contributed by atoms with E-state index < -0.39 is 0 Å². The molecule has 1 saturated heterocycles. The summed E-state index contributed by atoms with van der Waals surface area (Å²) in [5.41, 5.74) is 0. The Hall–Kier alpha value is -0.770. The van der Waals surface area contributed by atoms with Gasteiger partial charge >= 0.3 is 0 Å². The normalized spacial score (nSPS) is 18.4. The van der Waals surface area contributed by atoms with Gasteiger partial charge in [-0.1, -0.05) is 0 Å². The molecule has 0 atom stereocenters. The van der Waals surface area contributed by atoms with Crippen LogP contribution >= 0.6 is 11.8 Å². The highest BCUT2D eigenvalue weighted by Gasteiger charge is 2.24. The molecule has 0 radical (unpaired) electrons. The van der Waals surface area contributed by atoms with Gasteiger partial charge in [0.25, 0.3) is 0 Å². The zero-order valence-electron chi connectivity index (χ0n) is 8.27. The summed E-state index contributed by atoms with van der Waals surface area (Å²) in [5.74, 6) is 3.26. The van der Waals surface area contributed by atoms with Crippen LogP contribution < -0.4 is 0 Å². The first-order valence-corrected chi connectivity index (χ1v) is 6.04. The highest BCUT2D eigenvalue weighted by molar-refractivity contribution is 7.99. The minimum Gasteiger partial charge on any atom is -0.332 e. The molecule has 1 aliphatic heterocycles. The fraction of sp³-hybridized carbons (Fsp3) is 0.600. The Morgan fingerprint density at radius 2 is 2.29 bits per heavy atom. The lowest BCUT2D eigenvalue weighted by atomic mass is 9.97. The topological polar surface area (TPSA) is 34.9 Å². The quantitative estimate of drug-likeness (QED) is 0.697. The zero-order chi connectivity index (χ0) is 9.97. The van der Waals surface area contributed by atoms with Crippen molar-refractivity contribution in [1.29, 1.82) is 0 Å². The van der Waals surface area contributed by atoms with Gasteiger partial charge in [-0.2, -0.15) is 11.8 Å². The predicted octanol–water partition coefficient (Wildman–Crippen LogP) is 1.75. The Morgan fingerprint density at radius 3 is 2.86 bits per heavy atom. The van der Waals surface area contributed by atoms with Crippen molar-refractivity contribution in [3.8, 4) is 0 Å². The van der Waals surface area contributed by atoms with E-state index in [2.05, 4.69) is 4.98 Å². The third-order valence-electron chi connectivity index (χ3n) is 2.63. The zero-order valence-corrected chi connectivity index (χ0v) is 9.09. The molecule has 0 spiro atoms. The van der Waals surface area contributed by atoms with Crippen LogP contribution in [0.25, 0.3) is 0 Å². The van der Waals surface area contributed by atoms with Crippen LogP contribution in [-0.4, -0.2) is 26.8 Å². The molecule has 0 saturated carbocycles. The van der Waals surface area contributed by atoms with Gasteiger partial charge in [-0.15, -0.1) is 0 Å². The number of carbonyl (C=O) groups is 1. The smallest absolute Gasteiger partial charge is 0.201 e. The van der Waals surface area contributed by atoms with Crippen LogP contribution in [0.2, 0.25) is 0 Å². The van der Waals surface area contributed by atoms with Gasteiger partial charge in [0.05, 0.1) is 0 Å². The maximum Gasteiger partial charge on any atom is 0.201 e. The second-order valence-electron chi connectivity index (χ2n) is 3.61. The van der Waals surface area contributed by atoms with E-state index in [0.717, 1.165) is 24.3 Å². The van der Waals surface area contributed by atoms with E-state index in [9.17, 15) is 4.79 Å². The van der Waals surface area contributed by atoms with E-state index in [1.54, 1.807) is 6.20 Å². The van der Waals surface area contributed by atoms with Gasteiger partial charge < -0.3 is 4.57 Å². The molecular weight excluding hydrogens is 196 g/mol. The first kappa shape index (κ1) is 9.77. The summed E-state index contributed by atoms with van der Waals surface area (Å²) >= 11 is 1.94. The van der Waals surface area contributed by atoms with Crippen molar-refractivity contribution in [2.24, 2.45) is 13.0 Å². The van der Waals surface area contributed by atoms with Crippen LogP contribution in [0.4, 0.5) is 0 Å². The van der Waals surface area contributed by atoms with E-state index >= 15 is 0 Å². The highest BCUT2D eigenvalue weighted by atomic mass is 32.2. The molecule has 4 heteroatoms. The van der Waals surface area contributed by atoms with Crippen molar-refractivity contribution in [3.05, 3.63) is 18.2 Å². The molecule has 2 heterocycles. The molecule has 1 aromatic rings. The minimum absolute atomic E-state index is 0.206. The van der Waals surface area contributed by atoms with Gasteiger partial charge in [0.15, 0.2) is 5.82 Å². The third-order valence-corrected chi connectivity index (χ3v) is 3.68. The monoisotopic (exact) mass is 210 g/mol. The van der Waals surface area contributed by atoms with E-state index in [4.69, 9.17) is 0 Å². The number of hydrogen-bond donors (Lipinski definition) is 0. The molecule has 0 aromatic carbocycles. The summed E-state index contributed by atoms with van der Waals surface area (Å²) in [5, 5.41) is 0. The molecule has 0 bridgehead atoms. The Bertz CT molecular complexity index is 329. The maximum atomic E-state index is 12.0. The fourth-order valence-corrected chi connectivity index (χ4v) is 2.85. The summed E-state index contributed by atoms with van der Waals surface area (Å²) in [6.45, 7) is 0. The van der Waals surface area contributed by atoms with Crippen molar-refractivity contribution < 1.29 is 4.79 Å². The van der Waals surface area contributed by atoms with Gasteiger partial charge in [-0.25, -0.2) is 4.98 Å². The number of ketones is 1. The summed E-state index contributed by atoms with van der Waals surface area (Å²) in [4.78, 5) is 16.1. The van der Waals surface area contributed by atoms with Crippen LogP contribution in [0, 0.1) is 5.92 Å². The van der Waals surface area contributed by atoms with Crippen molar-refractivity contribution in [3.63, 3.8) is 0 Å². The molecule has 1 aliphatic rings. The maximum absolute atomic E-state index is 12.0. The predicted molar refractivity (Wildman–Crippen MR) is 57.6 cm³/mol. The first-order chi connectivity index (χ1) is 6.79. The van der Waals surface area contributed by atoms with Crippen LogP contribution in [0.5, 0.6) is 0 Å². The number of imidazole rings is 1. The number of rotatable bonds is 2. The van der Waals surface area contributed by atoms with Gasteiger partial charge in [-0.3, -0.25) is 4.79 Å². The number of aryl methyl sites for hydroxylation is 1. The third kappa shape index (κ3) is 1.85. The average Bonchev–Trinajstić information content (AvgIpc) is 2.65. The summed E-state index contributed by atoms with van der Waals surface area (Å²) in [7, 11) is 1.87. The van der Waals surface area contributed by atoms with Crippen LogP contribution in [0.1, 0.15) is 23.5 Å². The molecule has 1 fully saturated rings. The van der Waals surface area contributed by atoms with Gasteiger partial charge in [0, 0.05) is 25.4 Å². The lowest BCUT2D eigenvalue weighted by molar-refractivity contribution is 0.0899. The van der Waals surface area contributed by atoms with Crippen molar-refractivity contribution in [1.82, 2.24) is 9.55 Å². The van der Waals surface area contributed by atoms with E-state index in [1.165, 1.54) is 0 Å². The molecule has 0 aliphatic carbocycles. The second kappa shape index (κ2) is 4.17. The molecule has 76 valence electrons. The van der Waals surface area contributed by atoms with E-state index in [0.29, 0.717) is 5.82 Å². The number of Topliss-reactive ketones (excluding diaryl/α,β-unsaturated/α-hetero) is 1. The lowest BCUT2D eigenvalue weighted by Gasteiger charge is -2.19. The standard InChI is InChI=1S/C10H14N2OS/c1-12-5-4-11-10(12)9(13)8-2-6-14-7-3-8/h4-5,8H,2-3,6-7H2,1H3. The molecule has 14 heavy (non-hydrogen) atoms. The van der Waals surface area contributed by atoms with E-state index in [1.807, 2.05) is 29.6 Å². The molecule has 0 unspecified atom stereocenters. The first-order valence-electron chi connectivity index (χ1n) is 4.88. The van der Waals surface area contributed by atoms with Crippen LogP contribution in [0.15, 0.2) is 12.4 Å². The molecule has 1 aromatic heterocycles. The molecule has 2 rings (SSSR count). The van der Waals surface area contributed by atoms with Gasteiger partial charge in [-0.05, 0) is 24.3 Å². The van der Waals surface area contributed by atoms with E-state index in [-0.39, 0.29) is 11.7 Å². The average molecular weight is 210 g/mol. The molecule has 3 nitrogen and oxygen atoms in total. The number of aromatic nitrogens is 2. The number of carbonyl (C=O) groups excluding carboxylic acids is 1. The van der Waals surface area contributed by atoms with Crippen molar-refractivity contribution in [2.75, 3.05) is 11.5 Å². The number of thioether (sulfide) groups is 1. The SMILES string of the molecule is Cn1ccnc1C(=O)C1CCSCC1. The minimum atomic E-state index is 0.206. The molecule has 0 N–H and O–H groups in total. The summed E-state index contributed by atoms with van der Waals surface area (Å²) in [6, 6.07) is 0. The Kier molecular flexibility index (Phi) is 2.91. The van der Waals surface area contributed by atoms with Gasteiger partial charge in [0.2, 0.25) is 5.78 Å². The number of nitrogens with zero attached hydrogens (tertiary/aromatic N) is 2. The van der Waals surface area contributed by atoms with Crippen LogP contribution in [0.3, 0.4) is 0 Å².